The number of nitro groups is 2. The summed E-state index contributed by atoms with van der Waals surface area (Å²) >= 11 is 0. The Morgan fingerprint density at radius 3 is 1.32 bits per heavy atom. The first-order chi connectivity index (χ1) is 39.9. The summed E-state index contributed by atoms with van der Waals surface area (Å²) in [4.78, 5) is 50.2. The van der Waals surface area contributed by atoms with E-state index in [2.05, 4.69) is 40.0 Å². The van der Waals surface area contributed by atoms with Crippen molar-refractivity contribution in [3.63, 3.8) is 0 Å². The molecule has 0 saturated heterocycles. The number of ether oxygens (including phenoxy) is 2. The van der Waals surface area contributed by atoms with Crippen LogP contribution in [0.1, 0.15) is 122 Å². The minimum absolute atomic E-state index is 0.0311. The number of alkyl carbamates (subject to hydrolysis) is 2. The van der Waals surface area contributed by atoms with Crippen molar-refractivity contribution in [1.82, 2.24) is 15.7 Å². The van der Waals surface area contributed by atoms with Gasteiger partial charge in [0.05, 0.1) is 29.7 Å². The fraction of sp³-hybridized carbons (Fsp3) is 0.387. The SMILES string of the molecule is O=C(N[C@@H](C1CCCCC1)P(=O)(NCCCCOP(=O)(OCc1ccc([N+](=O)[O-])cc1)[C@@H](NC(=O)OCC1c2ccccc2-c2ccccc21)C1CCCCC1)OCc1ccc([N+](=O)[O-])cc1)OCC1c2ccccc2-c2ccccc21. The van der Waals surface area contributed by atoms with Gasteiger partial charge >= 0.3 is 19.8 Å². The van der Waals surface area contributed by atoms with Gasteiger partial charge in [0.1, 0.15) is 24.8 Å². The molecule has 2 amide bonds. The summed E-state index contributed by atoms with van der Waals surface area (Å²) < 4.78 is 62.4. The topological polar surface area (TPSA) is 237 Å². The van der Waals surface area contributed by atoms with Gasteiger partial charge in [-0.05, 0) is 130 Å². The minimum atomic E-state index is -4.29. The molecule has 3 N–H and O–H groups in total. The molecule has 10 rings (SSSR count). The number of fused-ring (bicyclic) bond motifs is 6. The van der Waals surface area contributed by atoms with Gasteiger partial charge in [0, 0.05) is 42.6 Å². The number of rotatable bonds is 25. The zero-order chi connectivity index (χ0) is 57.1. The number of nitro benzene ring substituents is 2. The van der Waals surface area contributed by atoms with Crippen molar-refractivity contribution < 1.29 is 51.6 Å². The largest absolute Gasteiger partial charge is 0.449 e. The Kier molecular flexibility index (Phi) is 19.1. The van der Waals surface area contributed by atoms with E-state index in [1.807, 2.05) is 72.8 Å². The Balaban J connectivity index is 0.847. The van der Waals surface area contributed by atoms with Gasteiger partial charge in [-0.25, -0.2) is 14.7 Å². The third kappa shape index (κ3) is 13.7. The third-order valence-corrected chi connectivity index (χ3v) is 21.1. The van der Waals surface area contributed by atoms with Crippen LogP contribution in [0.4, 0.5) is 21.0 Å². The maximum atomic E-state index is 15.7. The van der Waals surface area contributed by atoms with Crippen LogP contribution in [-0.2, 0) is 45.4 Å². The molecule has 0 spiro atoms. The number of hydrogen-bond donors (Lipinski definition) is 3. The van der Waals surface area contributed by atoms with E-state index in [0.29, 0.717) is 43.2 Å². The smallest absolute Gasteiger partial charge is 0.407 e. The fourth-order valence-electron chi connectivity index (χ4n) is 12.2. The molecule has 18 nitrogen and oxygen atoms in total. The molecule has 4 aliphatic rings. The number of non-ortho nitro benzene ring substituents is 2. The lowest BCUT2D eigenvalue weighted by atomic mass is 9.89. The lowest BCUT2D eigenvalue weighted by Crippen LogP contribution is -2.44. The van der Waals surface area contributed by atoms with Crippen molar-refractivity contribution in [2.24, 2.45) is 11.8 Å². The minimum Gasteiger partial charge on any atom is -0.449 e. The highest BCUT2D eigenvalue weighted by Crippen LogP contribution is 2.58. The van der Waals surface area contributed by atoms with Crippen LogP contribution in [0.3, 0.4) is 0 Å². The number of carbonyl (C=O) groups excluding carboxylic acids is 2. The molecule has 4 aliphatic carbocycles. The highest BCUT2D eigenvalue weighted by Gasteiger charge is 2.45. The number of nitrogens with zero attached hydrogens (tertiary/aromatic N) is 2. The van der Waals surface area contributed by atoms with Gasteiger partial charge in [0.2, 0.25) is 0 Å². The maximum absolute atomic E-state index is 15.7. The summed E-state index contributed by atoms with van der Waals surface area (Å²) in [5.74, 6) is -3.07. The maximum Gasteiger partial charge on any atom is 0.407 e. The molecule has 0 bridgehead atoms. The van der Waals surface area contributed by atoms with Crippen molar-refractivity contribution in [2.45, 2.75) is 114 Å². The molecule has 4 atom stereocenters. The lowest BCUT2D eigenvalue weighted by molar-refractivity contribution is -0.385. The molecule has 0 heterocycles. The van der Waals surface area contributed by atoms with Gasteiger partial charge in [0.15, 0.2) is 0 Å². The van der Waals surface area contributed by atoms with E-state index >= 15 is 9.13 Å². The molecule has 2 unspecified atom stereocenters. The Bertz CT molecular complexity index is 3010. The van der Waals surface area contributed by atoms with E-state index in [1.165, 1.54) is 36.4 Å². The first kappa shape index (κ1) is 58.2. The molecule has 2 fully saturated rings. The summed E-state index contributed by atoms with van der Waals surface area (Å²) in [5.41, 5.74) is 9.31. The Morgan fingerprint density at radius 2 is 0.890 bits per heavy atom. The molecule has 0 radical (unpaired) electrons. The van der Waals surface area contributed by atoms with Crippen molar-refractivity contribution in [3.05, 3.63) is 199 Å². The highest BCUT2D eigenvalue weighted by molar-refractivity contribution is 7.57. The fourth-order valence-corrected chi connectivity index (χ4v) is 16.8. The number of unbranched alkanes of at least 4 members (excludes halogenated alkanes) is 1. The third-order valence-electron chi connectivity index (χ3n) is 16.4. The second-order valence-corrected chi connectivity index (χ2v) is 26.1. The van der Waals surface area contributed by atoms with E-state index in [-0.39, 0.29) is 81.0 Å². The first-order valence-corrected chi connectivity index (χ1v) is 31.8. The van der Waals surface area contributed by atoms with Crippen LogP contribution < -0.4 is 15.7 Å². The molecule has 0 aliphatic heterocycles. The van der Waals surface area contributed by atoms with Crippen LogP contribution in [0, 0.1) is 32.1 Å². The lowest BCUT2D eigenvalue weighted by Gasteiger charge is -2.36. The van der Waals surface area contributed by atoms with Crippen LogP contribution in [-0.4, -0.2) is 60.0 Å². The number of amides is 2. The summed E-state index contributed by atoms with van der Waals surface area (Å²) in [7, 11) is -8.35. The summed E-state index contributed by atoms with van der Waals surface area (Å²) in [6, 6.07) is 43.6. The van der Waals surface area contributed by atoms with Gasteiger partial charge < -0.3 is 33.7 Å². The van der Waals surface area contributed by atoms with Crippen LogP contribution in [0.2, 0.25) is 0 Å². The molecule has 0 aromatic heterocycles. The van der Waals surface area contributed by atoms with E-state index in [9.17, 15) is 29.8 Å². The monoisotopic (exact) mass is 1150 g/mol. The summed E-state index contributed by atoms with van der Waals surface area (Å²) in [5, 5.41) is 32.1. The van der Waals surface area contributed by atoms with Gasteiger partial charge in [-0.3, -0.25) is 29.4 Å². The van der Waals surface area contributed by atoms with Crippen molar-refractivity contribution in [1.29, 1.82) is 0 Å². The van der Waals surface area contributed by atoms with Crippen molar-refractivity contribution >= 4 is 38.7 Å². The molecular formula is C62H69N5O13P2. The number of hydrogen-bond acceptors (Lipinski definition) is 13. The summed E-state index contributed by atoms with van der Waals surface area (Å²) in [6.45, 7) is -0.343. The zero-order valence-corrected chi connectivity index (χ0v) is 47.4. The van der Waals surface area contributed by atoms with Crippen molar-refractivity contribution in [3.8, 4) is 22.3 Å². The number of nitrogens with one attached hydrogen (secondary N) is 3. The Hall–Kier alpha value is -7.04. The van der Waals surface area contributed by atoms with Crippen LogP contribution in [0.25, 0.3) is 22.3 Å². The summed E-state index contributed by atoms with van der Waals surface area (Å²) in [6.07, 6.45) is 7.09. The van der Waals surface area contributed by atoms with E-state index in [0.717, 1.165) is 83.0 Å². The van der Waals surface area contributed by atoms with Crippen LogP contribution >= 0.6 is 15.1 Å². The molecular weight excluding hydrogens is 1080 g/mol. The van der Waals surface area contributed by atoms with Gasteiger partial charge in [-0.15, -0.1) is 0 Å². The molecule has 430 valence electrons. The molecule has 2 saturated carbocycles. The quantitative estimate of drug-likeness (QED) is 0.0209. The first-order valence-electron chi connectivity index (χ1n) is 28.5. The number of carbonyl (C=O) groups is 2. The van der Waals surface area contributed by atoms with Crippen LogP contribution in [0.5, 0.6) is 0 Å². The molecule has 6 aromatic carbocycles. The zero-order valence-electron chi connectivity index (χ0n) is 45.6. The van der Waals surface area contributed by atoms with E-state index in [4.69, 9.17) is 23.0 Å². The molecule has 20 heteroatoms. The van der Waals surface area contributed by atoms with Crippen LogP contribution in [0.15, 0.2) is 146 Å². The molecule has 82 heavy (non-hydrogen) atoms. The normalized spacial score (nSPS) is 17.4. The predicted molar refractivity (Wildman–Crippen MR) is 311 cm³/mol. The Labute approximate surface area is 477 Å². The van der Waals surface area contributed by atoms with Crippen molar-refractivity contribution in [2.75, 3.05) is 26.4 Å². The Morgan fingerprint density at radius 1 is 0.500 bits per heavy atom. The standard InChI is InChI=1S/C62H69N5O13P2/c68-61(76-41-57-53-25-11-7-21-49(53)50-22-8-12-26-54(50)57)64-59(45-17-3-1-4-18-45)81(74,79-39-43-29-33-47(34-30-43)66(70)71)63-37-15-16-38-78-82(75,80-40-44-31-35-48(36-32-44)67(72)73)60(46-19-5-2-6-20-46)65-62(69)77-42-58-55-27-13-9-23-51(55)52-24-10-14-28-56(52)58/h7-14,21-36,45-46,57-60H,1-6,15-20,37-42H2,(H,63,74)(H,64,68)(H,65,69)/t59-,60-,81?,82?/m1/s1. The van der Waals surface area contributed by atoms with Gasteiger partial charge in [-0.1, -0.05) is 136 Å². The second-order valence-electron chi connectivity index (χ2n) is 21.6. The van der Waals surface area contributed by atoms with E-state index in [1.54, 1.807) is 12.1 Å². The molecule has 6 aromatic rings. The average Bonchev–Trinajstić information content (AvgIpc) is 4.14. The van der Waals surface area contributed by atoms with Gasteiger partial charge in [-0.2, -0.15) is 0 Å². The number of benzene rings is 6. The van der Waals surface area contributed by atoms with E-state index < -0.39 is 48.7 Å². The van der Waals surface area contributed by atoms with Gasteiger partial charge in [0.25, 0.3) is 18.9 Å². The second kappa shape index (κ2) is 26.9. The average molecular weight is 1150 g/mol. The predicted octanol–water partition coefficient (Wildman–Crippen LogP) is 14.9. The highest BCUT2D eigenvalue weighted by atomic mass is 31.2.